The second-order valence-electron chi connectivity index (χ2n) is 4.32. The van der Waals surface area contributed by atoms with Gasteiger partial charge in [-0.2, -0.15) is 0 Å². The van der Waals surface area contributed by atoms with E-state index in [2.05, 4.69) is 17.1 Å². The fourth-order valence-corrected chi connectivity index (χ4v) is 2.88. The van der Waals surface area contributed by atoms with Gasteiger partial charge in [0.15, 0.2) is 11.5 Å². The van der Waals surface area contributed by atoms with Crippen molar-refractivity contribution < 1.29 is 9.90 Å². The highest BCUT2D eigenvalue weighted by Gasteiger charge is 2.13. The molecule has 0 aromatic carbocycles. The van der Waals surface area contributed by atoms with Crippen LogP contribution < -0.4 is 0 Å². The van der Waals surface area contributed by atoms with E-state index >= 15 is 0 Å². The maximum absolute atomic E-state index is 11.0. The summed E-state index contributed by atoms with van der Waals surface area (Å²) >= 11 is 1.63. The van der Waals surface area contributed by atoms with Crippen LogP contribution in [0.25, 0.3) is 16.3 Å². The number of rotatable bonds is 2. The smallest absolute Gasteiger partial charge is 0.337 e. The number of aromatic nitrogens is 3. The third kappa shape index (κ3) is 1.90. The molecule has 0 spiro atoms. The van der Waals surface area contributed by atoms with Crippen molar-refractivity contribution >= 4 is 23.0 Å². The lowest BCUT2D eigenvalue weighted by Gasteiger charge is -1.99. The normalized spacial score (nSPS) is 11.1. The average Bonchev–Trinajstić information content (AvgIpc) is 2.93. The van der Waals surface area contributed by atoms with Crippen LogP contribution in [0, 0.1) is 13.8 Å². The van der Waals surface area contributed by atoms with E-state index < -0.39 is 5.97 Å². The zero-order chi connectivity index (χ0) is 13.6. The van der Waals surface area contributed by atoms with Crippen molar-refractivity contribution in [2.45, 2.75) is 13.8 Å². The number of hydrogen-bond acceptors (Lipinski definition) is 4. The Morgan fingerprint density at radius 1 is 1.32 bits per heavy atom. The van der Waals surface area contributed by atoms with Gasteiger partial charge in [0, 0.05) is 11.1 Å². The maximum Gasteiger partial charge on any atom is 0.337 e. The second kappa shape index (κ2) is 4.17. The van der Waals surface area contributed by atoms with Crippen molar-refractivity contribution in [3.63, 3.8) is 0 Å². The Balaban J connectivity index is 2.23. The zero-order valence-electron chi connectivity index (χ0n) is 10.4. The topological polar surface area (TPSA) is 67.5 Å². The van der Waals surface area contributed by atoms with Crippen LogP contribution in [0.1, 0.15) is 20.8 Å². The molecule has 3 heterocycles. The van der Waals surface area contributed by atoms with Gasteiger partial charge in [-0.1, -0.05) is 0 Å². The molecule has 0 radical (unpaired) electrons. The van der Waals surface area contributed by atoms with E-state index in [1.165, 1.54) is 16.5 Å². The van der Waals surface area contributed by atoms with Crippen molar-refractivity contribution in [1.29, 1.82) is 0 Å². The van der Waals surface area contributed by atoms with Gasteiger partial charge in [-0.3, -0.25) is 4.40 Å². The average molecular weight is 273 g/mol. The third-order valence-electron chi connectivity index (χ3n) is 3.04. The number of carboxylic acid groups (broad SMARTS) is 1. The van der Waals surface area contributed by atoms with Crippen molar-refractivity contribution in [2.24, 2.45) is 0 Å². The fourth-order valence-electron chi connectivity index (χ4n) is 1.87. The number of carbonyl (C=O) groups is 1. The summed E-state index contributed by atoms with van der Waals surface area (Å²) in [4.78, 5) is 13.2. The molecule has 0 saturated heterocycles. The van der Waals surface area contributed by atoms with E-state index in [0.29, 0.717) is 11.5 Å². The summed E-state index contributed by atoms with van der Waals surface area (Å²) in [5.41, 5.74) is 2.06. The van der Waals surface area contributed by atoms with Crippen molar-refractivity contribution in [3.8, 4) is 10.7 Å². The Bertz CT molecular complexity index is 769. The van der Waals surface area contributed by atoms with Crippen LogP contribution in [0.5, 0.6) is 0 Å². The molecule has 1 N–H and O–H groups in total. The quantitative estimate of drug-likeness (QED) is 0.779. The van der Waals surface area contributed by atoms with Gasteiger partial charge in [-0.15, -0.1) is 21.5 Å². The Kier molecular flexibility index (Phi) is 2.60. The molecule has 0 saturated carbocycles. The summed E-state index contributed by atoms with van der Waals surface area (Å²) in [6, 6.07) is 5.23. The predicted molar refractivity (Wildman–Crippen MR) is 72.7 cm³/mol. The van der Waals surface area contributed by atoms with E-state index in [1.54, 1.807) is 28.0 Å². The molecule has 19 heavy (non-hydrogen) atoms. The number of hydrogen-bond donors (Lipinski definition) is 1. The largest absolute Gasteiger partial charge is 0.478 e. The molecule has 0 fully saturated rings. The molecule has 96 valence electrons. The summed E-state index contributed by atoms with van der Waals surface area (Å²) < 4.78 is 1.72. The van der Waals surface area contributed by atoms with Crippen molar-refractivity contribution in [2.75, 3.05) is 0 Å². The van der Waals surface area contributed by atoms with Crippen LogP contribution in [-0.2, 0) is 0 Å². The molecular weight excluding hydrogens is 262 g/mol. The van der Waals surface area contributed by atoms with Crippen molar-refractivity contribution in [1.82, 2.24) is 14.6 Å². The van der Waals surface area contributed by atoms with Gasteiger partial charge < -0.3 is 5.11 Å². The highest BCUT2D eigenvalue weighted by Crippen LogP contribution is 2.29. The number of pyridine rings is 1. The second-order valence-corrected chi connectivity index (χ2v) is 5.58. The molecule has 0 aliphatic rings. The highest BCUT2D eigenvalue weighted by atomic mass is 32.1. The molecule has 0 bridgehead atoms. The molecule has 0 aliphatic carbocycles. The van der Waals surface area contributed by atoms with E-state index in [9.17, 15) is 4.79 Å². The number of thiophene rings is 1. The summed E-state index contributed by atoms with van der Waals surface area (Å²) in [6.45, 7) is 4.09. The van der Waals surface area contributed by atoms with Gasteiger partial charge in [0.05, 0.1) is 10.4 Å². The van der Waals surface area contributed by atoms with Gasteiger partial charge in [0.1, 0.15) is 0 Å². The Morgan fingerprint density at radius 2 is 2.11 bits per heavy atom. The zero-order valence-corrected chi connectivity index (χ0v) is 11.2. The number of fused-ring (bicyclic) bond motifs is 1. The van der Waals surface area contributed by atoms with E-state index in [1.807, 2.05) is 13.0 Å². The third-order valence-corrected chi connectivity index (χ3v) is 4.18. The molecule has 3 aromatic rings. The maximum atomic E-state index is 11.0. The highest BCUT2D eigenvalue weighted by molar-refractivity contribution is 7.15. The Morgan fingerprint density at radius 3 is 2.74 bits per heavy atom. The lowest BCUT2D eigenvalue weighted by Crippen LogP contribution is -1.99. The summed E-state index contributed by atoms with van der Waals surface area (Å²) in [5, 5.41) is 17.3. The molecule has 0 aliphatic heterocycles. The van der Waals surface area contributed by atoms with Crippen molar-refractivity contribution in [3.05, 3.63) is 40.4 Å². The SMILES string of the molecule is Cc1cc(-c2nnc3ccc(C(=O)O)cn23)sc1C. The van der Waals surface area contributed by atoms with Gasteiger partial charge in [0.25, 0.3) is 0 Å². The van der Waals surface area contributed by atoms with Gasteiger partial charge in [-0.05, 0) is 37.6 Å². The minimum Gasteiger partial charge on any atom is -0.478 e. The first-order valence-electron chi connectivity index (χ1n) is 5.72. The van der Waals surface area contributed by atoms with Crippen LogP contribution >= 0.6 is 11.3 Å². The van der Waals surface area contributed by atoms with Crippen LogP contribution in [0.4, 0.5) is 0 Å². The number of nitrogens with zero attached hydrogens (tertiary/aromatic N) is 3. The standard InChI is InChI=1S/C13H11N3O2S/c1-7-5-10(19-8(7)2)12-15-14-11-4-3-9(13(17)18)6-16(11)12/h3-6H,1-2H3,(H,17,18). The summed E-state index contributed by atoms with van der Waals surface area (Å²) in [7, 11) is 0. The van der Waals surface area contributed by atoms with Crippen LogP contribution in [0.15, 0.2) is 24.4 Å². The summed E-state index contributed by atoms with van der Waals surface area (Å²) in [6.07, 6.45) is 1.55. The monoisotopic (exact) mass is 273 g/mol. The first kappa shape index (κ1) is 11.9. The summed E-state index contributed by atoms with van der Waals surface area (Å²) in [5.74, 6) is -0.278. The van der Waals surface area contributed by atoms with Crippen LogP contribution in [0.3, 0.4) is 0 Å². The molecule has 3 rings (SSSR count). The van der Waals surface area contributed by atoms with Gasteiger partial charge in [0.2, 0.25) is 0 Å². The minimum atomic E-state index is -0.958. The van der Waals surface area contributed by atoms with E-state index in [0.717, 1.165) is 4.88 Å². The molecule has 6 heteroatoms. The minimum absolute atomic E-state index is 0.221. The molecule has 0 amide bonds. The molecule has 0 unspecified atom stereocenters. The Labute approximate surface area is 113 Å². The fraction of sp³-hybridized carbons (Fsp3) is 0.154. The lowest BCUT2D eigenvalue weighted by molar-refractivity contribution is 0.0696. The molecule has 3 aromatic heterocycles. The molecule has 0 atom stereocenters. The van der Waals surface area contributed by atoms with E-state index in [-0.39, 0.29) is 5.56 Å². The Hall–Kier alpha value is -2.21. The van der Waals surface area contributed by atoms with Crippen LogP contribution in [-0.4, -0.2) is 25.7 Å². The van der Waals surface area contributed by atoms with Crippen LogP contribution in [0.2, 0.25) is 0 Å². The van der Waals surface area contributed by atoms with Gasteiger partial charge >= 0.3 is 5.97 Å². The number of carboxylic acids is 1. The van der Waals surface area contributed by atoms with Gasteiger partial charge in [-0.25, -0.2) is 4.79 Å². The predicted octanol–water partition coefficient (Wildman–Crippen LogP) is 2.77. The lowest BCUT2D eigenvalue weighted by atomic mass is 10.2. The molecule has 5 nitrogen and oxygen atoms in total. The number of aromatic carboxylic acids is 1. The molecular formula is C13H11N3O2S. The van der Waals surface area contributed by atoms with E-state index in [4.69, 9.17) is 5.11 Å². The first-order valence-corrected chi connectivity index (χ1v) is 6.53. The first-order chi connectivity index (χ1) is 9.06. The number of aryl methyl sites for hydroxylation is 2.